The van der Waals surface area contributed by atoms with Gasteiger partial charge < -0.3 is 14.9 Å². The molecule has 108 valence electrons. The van der Waals surface area contributed by atoms with Gasteiger partial charge >= 0.3 is 12.0 Å². The molecular formula is C13H16N2O3S2. The highest BCUT2D eigenvalue weighted by Gasteiger charge is 2.39. The predicted octanol–water partition coefficient (Wildman–Crippen LogP) is 2.25. The fourth-order valence-electron chi connectivity index (χ4n) is 2.77. The minimum Gasteiger partial charge on any atom is -0.480 e. The third-order valence-electron chi connectivity index (χ3n) is 3.94. The van der Waals surface area contributed by atoms with Crippen LogP contribution in [0.2, 0.25) is 0 Å². The number of carboxylic acid groups (broad SMARTS) is 1. The van der Waals surface area contributed by atoms with Crippen LogP contribution >= 0.6 is 23.1 Å². The normalized spacial score (nSPS) is 25.6. The van der Waals surface area contributed by atoms with Gasteiger partial charge in [0.2, 0.25) is 0 Å². The van der Waals surface area contributed by atoms with Gasteiger partial charge in [0.05, 0.1) is 11.9 Å². The SMILES string of the molecule is CC1c2ccsc2CCN1C(=O)N1CSC[C@H]1C(=O)O. The Hall–Kier alpha value is -1.21. The largest absolute Gasteiger partial charge is 0.480 e. The van der Waals surface area contributed by atoms with Gasteiger partial charge in [0, 0.05) is 17.2 Å². The molecule has 1 unspecified atom stereocenters. The average Bonchev–Trinajstić information content (AvgIpc) is 3.07. The van der Waals surface area contributed by atoms with Crippen molar-refractivity contribution in [1.82, 2.24) is 9.80 Å². The van der Waals surface area contributed by atoms with Crippen molar-refractivity contribution in [2.45, 2.75) is 25.4 Å². The van der Waals surface area contributed by atoms with Crippen molar-refractivity contribution < 1.29 is 14.7 Å². The smallest absolute Gasteiger partial charge is 0.327 e. The van der Waals surface area contributed by atoms with Crippen LogP contribution < -0.4 is 0 Å². The van der Waals surface area contributed by atoms with Gasteiger partial charge in [-0.15, -0.1) is 23.1 Å². The molecule has 3 rings (SSSR count). The zero-order valence-corrected chi connectivity index (χ0v) is 12.7. The number of nitrogens with zero attached hydrogens (tertiary/aromatic N) is 2. The van der Waals surface area contributed by atoms with E-state index in [1.54, 1.807) is 16.2 Å². The molecule has 7 heteroatoms. The van der Waals surface area contributed by atoms with Crippen LogP contribution in [0.1, 0.15) is 23.4 Å². The third-order valence-corrected chi connectivity index (χ3v) is 5.94. The van der Waals surface area contributed by atoms with Crippen LogP contribution in [0.15, 0.2) is 11.4 Å². The second kappa shape index (κ2) is 5.29. The Bertz CT molecular complexity index is 545. The van der Waals surface area contributed by atoms with Gasteiger partial charge in [0.15, 0.2) is 0 Å². The Kier molecular flexibility index (Phi) is 3.64. The van der Waals surface area contributed by atoms with Crippen molar-refractivity contribution in [1.29, 1.82) is 0 Å². The molecule has 1 saturated heterocycles. The van der Waals surface area contributed by atoms with Crippen LogP contribution in [0.25, 0.3) is 0 Å². The highest BCUT2D eigenvalue weighted by molar-refractivity contribution is 7.99. The minimum atomic E-state index is -0.913. The molecule has 3 heterocycles. The molecule has 1 fully saturated rings. The maximum Gasteiger partial charge on any atom is 0.327 e. The number of carbonyl (C=O) groups is 2. The first-order valence-corrected chi connectivity index (χ1v) is 8.57. The Morgan fingerprint density at radius 1 is 1.40 bits per heavy atom. The molecule has 20 heavy (non-hydrogen) atoms. The molecule has 0 aromatic carbocycles. The molecule has 1 aromatic heterocycles. The fourth-order valence-corrected chi connectivity index (χ4v) is 4.87. The van der Waals surface area contributed by atoms with E-state index in [0.717, 1.165) is 6.42 Å². The van der Waals surface area contributed by atoms with Crippen LogP contribution in [0.4, 0.5) is 4.79 Å². The Labute approximate surface area is 125 Å². The van der Waals surface area contributed by atoms with Gasteiger partial charge in [-0.2, -0.15) is 0 Å². The number of hydrogen-bond donors (Lipinski definition) is 1. The number of aliphatic carboxylic acids is 1. The summed E-state index contributed by atoms with van der Waals surface area (Å²) >= 11 is 3.23. The number of hydrogen-bond acceptors (Lipinski definition) is 4. The van der Waals surface area contributed by atoms with E-state index in [0.29, 0.717) is 18.2 Å². The van der Waals surface area contributed by atoms with E-state index in [2.05, 4.69) is 11.4 Å². The summed E-state index contributed by atoms with van der Waals surface area (Å²) in [4.78, 5) is 28.5. The summed E-state index contributed by atoms with van der Waals surface area (Å²) in [5.74, 6) is 0.0342. The predicted molar refractivity (Wildman–Crippen MR) is 79.1 cm³/mol. The first kappa shape index (κ1) is 13.8. The molecular weight excluding hydrogens is 296 g/mol. The molecule has 0 saturated carbocycles. The number of thioether (sulfide) groups is 1. The van der Waals surface area contributed by atoms with Crippen LogP contribution in [0.3, 0.4) is 0 Å². The Balaban J connectivity index is 1.80. The summed E-state index contributed by atoms with van der Waals surface area (Å²) in [5.41, 5.74) is 1.20. The van der Waals surface area contributed by atoms with Crippen molar-refractivity contribution in [2.24, 2.45) is 0 Å². The van der Waals surface area contributed by atoms with Crippen molar-refractivity contribution in [2.75, 3.05) is 18.2 Å². The molecule has 1 aromatic rings. The first-order chi connectivity index (χ1) is 9.59. The lowest BCUT2D eigenvalue weighted by atomic mass is 10.0. The lowest BCUT2D eigenvalue weighted by Gasteiger charge is -2.37. The maximum absolute atomic E-state index is 12.6. The number of thiophene rings is 1. The van der Waals surface area contributed by atoms with Crippen molar-refractivity contribution in [3.63, 3.8) is 0 Å². The molecule has 2 amide bonds. The van der Waals surface area contributed by atoms with Crippen LogP contribution in [-0.2, 0) is 11.2 Å². The molecule has 2 atom stereocenters. The Morgan fingerprint density at radius 2 is 2.20 bits per heavy atom. The van der Waals surface area contributed by atoms with Gasteiger partial charge in [-0.3, -0.25) is 0 Å². The number of carboxylic acids is 1. The number of carbonyl (C=O) groups excluding carboxylic acids is 1. The molecule has 0 bridgehead atoms. The number of rotatable bonds is 1. The van der Waals surface area contributed by atoms with E-state index in [1.165, 1.54) is 27.1 Å². The molecule has 2 aliphatic heterocycles. The van der Waals surface area contributed by atoms with Crippen LogP contribution in [0.5, 0.6) is 0 Å². The second-order valence-electron chi connectivity index (χ2n) is 5.02. The van der Waals surface area contributed by atoms with Gasteiger partial charge in [-0.05, 0) is 30.4 Å². The van der Waals surface area contributed by atoms with Crippen LogP contribution in [0, 0.1) is 0 Å². The van der Waals surface area contributed by atoms with Gasteiger partial charge in [0.25, 0.3) is 0 Å². The third kappa shape index (κ3) is 2.18. The van der Waals surface area contributed by atoms with Crippen molar-refractivity contribution >= 4 is 35.1 Å². The van der Waals surface area contributed by atoms with E-state index >= 15 is 0 Å². The molecule has 2 aliphatic rings. The topological polar surface area (TPSA) is 60.9 Å². The van der Waals surface area contributed by atoms with Gasteiger partial charge in [-0.25, -0.2) is 9.59 Å². The van der Waals surface area contributed by atoms with E-state index in [4.69, 9.17) is 0 Å². The zero-order chi connectivity index (χ0) is 14.3. The van der Waals surface area contributed by atoms with Crippen molar-refractivity contribution in [3.8, 4) is 0 Å². The fraction of sp³-hybridized carbons (Fsp3) is 0.538. The van der Waals surface area contributed by atoms with E-state index in [1.807, 2.05) is 6.92 Å². The van der Waals surface area contributed by atoms with Gasteiger partial charge in [0.1, 0.15) is 6.04 Å². The summed E-state index contributed by atoms with van der Waals surface area (Å²) in [6.45, 7) is 2.68. The molecule has 0 aliphatic carbocycles. The summed E-state index contributed by atoms with van der Waals surface area (Å²) in [6.07, 6.45) is 0.863. The quantitative estimate of drug-likeness (QED) is 0.864. The lowest BCUT2D eigenvalue weighted by Crippen LogP contribution is -2.50. The van der Waals surface area contributed by atoms with Crippen LogP contribution in [-0.4, -0.2) is 51.1 Å². The van der Waals surface area contributed by atoms with Crippen molar-refractivity contribution in [3.05, 3.63) is 21.9 Å². The highest BCUT2D eigenvalue weighted by atomic mass is 32.2. The number of fused-ring (bicyclic) bond motifs is 1. The number of urea groups is 1. The average molecular weight is 312 g/mol. The second-order valence-corrected chi connectivity index (χ2v) is 7.03. The number of amides is 2. The summed E-state index contributed by atoms with van der Waals surface area (Å²) in [6, 6.07) is 1.25. The monoisotopic (exact) mass is 312 g/mol. The van der Waals surface area contributed by atoms with E-state index in [-0.39, 0.29) is 12.1 Å². The first-order valence-electron chi connectivity index (χ1n) is 6.53. The van der Waals surface area contributed by atoms with Gasteiger partial charge in [-0.1, -0.05) is 0 Å². The lowest BCUT2D eigenvalue weighted by molar-refractivity contribution is -0.141. The molecule has 0 spiro atoms. The summed E-state index contributed by atoms with van der Waals surface area (Å²) in [7, 11) is 0. The highest BCUT2D eigenvalue weighted by Crippen LogP contribution is 2.34. The summed E-state index contributed by atoms with van der Waals surface area (Å²) < 4.78 is 0. The molecule has 5 nitrogen and oxygen atoms in total. The molecule has 0 radical (unpaired) electrons. The standard InChI is InChI=1S/C13H16N2O3S2/c1-8-9-3-5-20-11(9)2-4-14(8)13(18)15-7-19-6-10(15)12(16)17/h3,5,8,10H,2,4,6-7H2,1H3,(H,16,17)/t8?,10-/m0/s1. The van der Waals surface area contributed by atoms with E-state index < -0.39 is 12.0 Å². The molecule has 1 N–H and O–H groups in total. The zero-order valence-electron chi connectivity index (χ0n) is 11.1. The Morgan fingerprint density at radius 3 is 2.95 bits per heavy atom. The maximum atomic E-state index is 12.6. The van der Waals surface area contributed by atoms with E-state index in [9.17, 15) is 14.7 Å². The minimum absolute atomic E-state index is 0.0255. The summed E-state index contributed by atoms with van der Waals surface area (Å²) in [5, 5.41) is 11.3.